The van der Waals surface area contributed by atoms with Gasteiger partial charge in [-0.05, 0) is 25.0 Å². The molecule has 1 atom stereocenters. The van der Waals surface area contributed by atoms with E-state index in [1.54, 1.807) is 0 Å². The lowest BCUT2D eigenvalue weighted by Crippen LogP contribution is -2.34. The van der Waals surface area contributed by atoms with Gasteiger partial charge in [0.25, 0.3) is 5.91 Å². The summed E-state index contributed by atoms with van der Waals surface area (Å²) in [5, 5.41) is 2.76. The first kappa shape index (κ1) is 14.9. The number of hydrazine groups is 1. The second-order valence-corrected chi connectivity index (χ2v) is 4.73. The number of hydrogen-bond acceptors (Lipinski definition) is 4. The minimum Gasteiger partial charge on any atom is -0.349 e. The Kier molecular flexibility index (Phi) is 4.84. The Morgan fingerprint density at radius 3 is 2.71 bits per heavy atom. The van der Waals surface area contributed by atoms with Crippen molar-refractivity contribution >= 4 is 11.7 Å². The lowest BCUT2D eigenvalue weighted by atomic mass is 10.1. The number of hydrogen-bond donors (Lipinski definition) is 3. The number of amides is 1. The van der Waals surface area contributed by atoms with E-state index in [1.807, 2.05) is 37.3 Å². The molecule has 2 rings (SSSR count). The van der Waals surface area contributed by atoms with Gasteiger partial charge in [0.2, 0.25) is 0 Å². The third kappa shape index (κ3) is 3.76. The van der Waals surface area contributed by atoms with Crippen LogP contribution in [0.25, 0.3) is 0 Å². The zero-order valence-electron chi connectivity index (χ0n) is 11.6. The number of nitrogens with one attached hydrogen (secondary N) is 2. The van der Waals surface area contributed by atoms with E-state index < -0.39 is 11.7 Å². The summed E-state index contributed by atoms with van der Waals surface area (Å²) < 4.78 is 13.9. The molecule has 0 saturated carbocycles. The zero-order chi connectivity index (χ0) is 15.2. The lowest BCUT2D eigenvalue weighted by molar-refractivity contribution is 0.0936. The van der Waals surface area contributed by atoms with Crippen LogP contribution in [-0.4, -0.2) is 16.9 Å². The lowest BCUT2D eigenvalue weighted by Gasteiger charge is -2.14. The molecule has 0 spiro atoms. The van der Waals surface area contributed by atoms with Crippen molar-refractivity contribution in [2.45, 2.75) is 19.4 Å². The van der Waals surface area contributed by atoms with Crippen molar-refractivity contribution in [3.05, 3.63) is 59.5 Å². The fourth-order valence-corrected chi connectivity index (χ4v) is 2.04. The molecule has 0 radical (unpaired) electrons. The minimum atomic E-state index is -0.760. The summed E-state index contributed by atoms with van der Waals surface area (Å²) >= 11 is 0. The Morgan fingerprint density at radius 2 is 2.05 bits per heavy atom. The normalized spacial score (nSPS) is 11.8. The van der Waals surface area contributed by atoms with Crippen molar-refractivity contribution in [3.8, 4) is 0 Å². The smallest absolute Gasteiger partial charge is 0.254 e. The molecule has 0 fully saturated rings. The Balaban J connectivity index is 2.04. The number of nitrogen functional groups attached to an aromatic ring is 1. The third-order valence-corrected chi connectivity index (χ3v) is 3.03. The van der Waals surface area contributed by atoms with E-state index in [-0.39, 0.29) is 17.4 Å². The van der Waals surface area contributed by atoms with Gasteiger partial charge in [-0.3, -0.25) is 4.79 Å². The molecule has 1 aromatic heterocycles. The van der Waals surface area contributed by atoms with Crippen molar-refractivity contribution in [1.82, 2.24) is 10.3 Å². The number of halogens is 1. The summed E-state index contributed by atoms with van der Waals surface area (Å²) in [6.07, 6.45) is 2.00. The molecule has 1 aromatic carbocycles. The van der Waals surface area contributed by atoms with Crippen LogP contribution in [0.3, 0.4) is 0 Å². The summed E-state index contributed by atoms with van der Waals surface area (Å²) in [5.74, 6) is 3.73. The fourth-order valence-electron chi connectivity index (χ4n) is 2.04. The third-order valence-electron chi connectivity index (χ3n) is 3.03. The summed E-state index contributed by atoms with van der Waals surface area (Å²) in [6, 6.07) is 11.0. The van der Waals surface area contributed by atoms with Crippen molar-refractivity contribution in [3.63, 3.8) is 0 Å². The number of rotatable bonds is 5. The SMILES string of the molecule is CC(Cc1ccccc1)NC(=O)c1ccnc(NN)c1F. The van der Waals surface area contributed by atoms with E-state index in [0.717, 1.165) is 5.56 Å². The van der Waals surface area contributed by atoms with Crippen LogP contribution in [0, 0.1) is 5.82 Å². The maximum Gasteiger partial charge on any atom is 0.254 e. The van der Waals surface area contributed by atoms with Crippen LogP contribution in [0.15, 0.2) is 42.6 Å². The van der Waals surface area contributed by atoms with Crippen molar-refractivity contribution < 1.29 is 9.18 Å². The second kappa shape index (κ2) is 6.81. The summed E-state index contributed by atoms with van der Waals surface area (Å²) in [7, 11) is 0. The summed E-state index contributed by atoms with van der Waals surface area (Å²) in [4.78, 5) is 15.8. The highest BCUT2D eigenvalue weighted by Gasteiger charge is 2.17. The number of benzene rings is 1. The minimum absolute atomic E-state index is 0.0853. The highest BCUT2D eigenvalue weighted by molar-refractivity contribution is 5.95. The molecule has 21 heavy (non-hydrogen) atoms. The molecule has 0 aliphatic heterocycles. The predicted octanol–water partition coefficient (Wildman–Crippen LogP) is 1.87. The van der Waals surface area contributed by atoms with Gasteiger partial charge in [0.05, 0.1) is 5.56 Å². The molecule has 6 heteroatoms. The molecule has 4 N–H and O–H groups in total. The Hall–Kier alpha value is -2.47. The molecule has 5 nitrogen and oxygen atoms in total. The van der Waals surface area contributed by atoms with Gasteiger partial charge in [0, 0.05) is 12.2 Å². The van der Waals surface area contributed by atoms with Crippen molar-refractivity contribution in [2.24, 2.45) is 5.84 Å². The summed E-state index contributed by atoms with van der Waals surface area (Å²) in [6.45, 7) is 1.87. The number of aromatic nitrogens is 1. The van der Waals surface area contributed by atoms with Gasteiger partial charge in [0.15, 0.2) is 11.6 Å². The first-order valence-corrected chi connectivity index (χ1v) is 6.57. The van der Waals surface area contributed by atoms with Crippen LogP contribution in [0.2, 0.25) is 0 Å². The fraction of sp³-hybridized carbons (Fsp3) is 0.200. The molecule has 110 valence electrons. The van der Waals surface area contributed by atoms with E-state index in [1.165, 1.54) is 12.3 Å². The molecular weight excluding hydrogens is 271 g/mol. The largest absolute Gasteiger partial charge is 0.349 e. The quantitative estimate of drug-likeness (QED) is 0.579. The van der Waals surface area contributed by atoms with Crippen LogP contribution in [0.1, 0.15) is 22.8 Å². The number of carbonyl (C=O) groups is 1. The summed E-state index contributed by atoms with van der Waals surface area (Å²) in [5.41, 5.74) is 3.13. The first-order chi connectivity index (χ1) is 10.1. The van der Waals surface area contributed by atoms with E-state index in [0.29, 0.717) is 6.42 Å². The maximum atomic E-state index is 13.9. The Morgan fingerprint density at radius 1 is 1.33 bits per heavy atom. The van der Waals surface area contributed by atoms with Gasteiger partial charge in [-0.2, -0.15) is 0 Å². The van der Waals surface area contributed by atoms with Crippen LogP contribution < -0.4 is 16.6 Å². The monoisotopic (exact) mass is 288 g/mol. The average Bonchev–Trinajstić information content (AvgIpc) is 2.48. The molecule has 1 unspecified atom stereocenters. The molecule has 2 aromatic rings. The second-order valence-electron chi connectivity index (χ2n) is 4.73. The average molecular weight is 288 g/mol. The highest BCUT2D eigenvalue weighted by Crippen LogP contribution is 2.14. The molecule has 1 amide bonds. The van der Waals surface area contributed by atoms with E-state index in [9.17, 15) is 9.18 Å². The molecular formula is C15H17FN4O. The van der Waals surface area contributed by atoms with E-state index >= 15 is 0 Å². The zero-order valence-corrected chi connectivity index (χ0v) is 11.6. The Labute approximate surface area is 122 Å². The number of anilines is 1. The molecule has 0 aliphatic rings. The van der Waals surface area contributed by atoms with Crippen LogP contribution in [-0.2, 0) is 6.42 Å². The van der Waals surface area contributed by atoms with Gasteiger partial charge in [-0.1, -0.05) is 30.3 Å². The highest BCUT2D eigenvalue weighted by atomic mass is 19.1. The van der Waals surface area contributed by atoms with E-state index in [4.69, 9.17) is 5.84 Å². The van der Waals surface area contributed by atoms with Crippen molar-refractivity contribution in [1.29, 1.82) is 0 Å². The number of nitrogens with zero attached hydrogens (tertiary/aromatic N) is 1. The van der Waals surface area contributed by atoms with Crippen molar-refractivity contribution in [2.75, 3.05) is 5.43 Å². The van der Waals surface area contributed by atoms with E-state index in [2.05, 4.69) is 15.7 Å². The standard InChI is InChI=1S/C15H17FN4O/c1-10(9-11-5-3-2-4-6-11)19-15(21)12-7-8-18-14(20-17)13(12)16/h2-8,10H,9,17H2,1H3,(H,18,20)(H,19,21). The van der Waals surface area contributed by atoms with Crippen LogP contribution in [0.4, 0.5) is 10.2 Å². The predicted molar refractivity (Wildman–Crippen MR) is 79.1 cm³/mol. The topological polar surface area (TPSA) is 80.0 Å². The first-order valence-electron chi connectivity index (χ1n) is 6.57. The number of carbonyl (C=O) groups excluding carboxylic acids is 1. The van der Waals surface area contributed by atoms with Gasteiger partial charge in [-0.25, -0.2) is 15.2 Å². The molecule has 0 saturated heterocycles. The molecule has 0 bridgehead atoms. The number of pyridine rings is 1. The maximum absolute atomic E-state index is 13.9. The molecule has 0 aliphatic carbocycles. The van der Waals surface area contributed by atoms with Gasteiger partial charge >= 0.3 is 0 Å². The van der Waals surface area contributed by atoms with Crippen LogP contribution >= 0.6 is 0 Å². The van der Waals surface area contributed by atoms with Gasteiger partial charge < -0.3 is 10.7 Å². The number of nitrogens with two attached hydrogens (primary N) is 1. The molecule has 1 heterocycles. The van der Waals surface area contributed by atoms with Crippen LogP contribution in [0.5, 0.6) is 0 Å². The van der Waals surface area contributed by atoms with Gasteiger partial charge in [0.1, 0.15) is 0 Å². The van der Waals surface area contributed by atoms with Gasteiger partial charge in [-0.15, -0.1) is 0 Å². The Bertz CT molecular complexity index is 618.